The van der Waals surface area contributed by atoms with Crippen LogP contribution >= 0.6 is 0 Å². The molecule has 3 aromatic carbocycles. The molecule has 0 spiro atoms. The predicted molar refractivity (Wildman–Crippen MR) is 122 cm³/mol. The first-order chi connectivity index (χ1) is 15.0. The Morgan fingerprint density at radius 2 is 1.81 bits per heavy atom. The second-order valence-electron chi connectivity index (χ2n) is 7.62. The number of ether oxygens (including phenoxy) is 1. The van der Waals surface area contributed by atoms with Crippen LogP contribution in [-0.4, -0.2) is 17.1 Å². The number of rotatable bonds is 6. The molecule has 1 aromatic heterocycles. The third kappa shape index (κ3) is 4.31. The fourth-order valence-corrected chi connectivity index (χ4v) is 3.73. The van der Waals surface area contributed by atoms with E-state index in [0.717, 1.165) is 33.5 Å². The molecule has 158 valence electrons. The van der Waals surface area contributed by atoms with Crippen molar-refractivity contribution in [3.8, 4) is 5.75 Å². The highest BCUT2D eigenvalue weighted by molar-refractivity contribution is 6.07. The smallest absolute Gasteiger partial charge is 0.272 e. The molecule has 4 rings (SSSR count). The maximum absolute atomic E-state index is 13.8. The lowest BCUT2D eigenvalue weighted by Crippen LogP contribution is -2.17. The number of carbonyl (C=O) groups is 1. The molecule has 4 aromatic rings. The van der Waals surface area contributed by atoms with Gasteiger partial charge in [0.15, 0.2) is 0 Å². The van der Waals surface area contributed by atoms with Crippen LogP contribution in [0.4, 0.5) is 10.1 Å². The Morgan fingerprint density at radius 1 is 1.00 bits per heavy atom. The van der Waals surface area contributed by atoms with Crippen molar-refractivity contribution >= 4 is 22.5 Å². The van der Waals surface area contributed by atoms with Gasteiger partial charge in [0.25, 0.3) is 5.91 Å². The molecule has 0 fully saturated rings. The normalized spacial score (nSPS) is 11.0. The van der Waals surface area contributed by atoms with E-state index in [1.165, 1.54) is 17.7 Å². The number of hydrogen-bond donors (Lipinski definition) is 1. The van der Waals surface area contributed by atoms with Gasteiger partial charge in [-0.05, 0) is 79.9 Å². The molecule has 0 radical (unpaired) electrons. The van der Waals surface area contributed by atoms with Crippen LogP contribution in [0.1, 0.15) is 34.1 Å². The van der Waals surface area contributed by atoms with Crippen molar-refractivity contribution < 1.29 is 13.9 Å². The zero-order chi connectivity index (χ0) is 22.0. The van der Waals surface area contributed by atoms with Crippen LogP contribution in [0.25, 0.3) is 10.9 Å². The molecule has 0 aliphatic carbocycles. The average molecular weight is 416 g/mol. The summed E-state index contributed by atoms with van der Waals surface area (Å²) in [5.41, 5.74) is 5.14. The largest absolute Gasteiger partial charge is 0.493 e. The maximum atomic E-state index is 13.8. The quantitative estimate of drug-likeness (QED) is 0.413. The van der Waals surface area contributed by atoms with Gasteiger partial charge in [-0.2, -0.15) is 0 Å². The molecule has 1 N–H and O–H groups in total. The second-order valence-corrected chi connectivity index (χ2v) is 7.62. The van der Waals surface area contributed by atoms with Crippen molar-refractivity contribution in [2.75, 3.05) is 11.9 Å². The molecule has 0 aliphatic heterocycles. The number of fused-ring (bicyclic) bond motifs is 1. The number of halogens is 1. The predicted octanol–water partition coefficient (Wildman–Crippen LogP) is 6.10. The van der Waals surface area contributed by atoms with E-state index >= 15 is 0 Å². The van der Waals surface area contributed by atoms with Gasteiger partial charge in [-0.25, -0.2) is 4.39 Å². The van der Waals surface area contributed by atoms with Gasteiger partial charge >= 0.3 is 0 Å². The maximum Gasteiger partial charge on any atom is 0.272 e. The summed E-state index contributed by atoms with van der Waals surface area (Å²) in [6.45, 7) is 6.87. The Balaban J connectivity index is 1.79. The highest BCUT2D eigenvalue weighted by atomic mass is 19.1. The molecule has 0 bridgehead atoms. The van der Waals surface area contributed by atoms with Crippen molar-refractivity contribution in [2.24, 2.45) is 0 Å². The summed E-state index contributed by atoms with van der Waals surface area (Å²) in [5, 5.41) is 3.85. The van der Waals surface area contributed by atoms with Gasteiger partial charge in [0.2, 0.25) is 0 Å². The number of carbonyl (C=O) groups excluding carboxylic acids is 1. The molecule has 0 saturated carbocycles. The molecule has 5 heteroatoms. The summed E-state index contributed by atoms with van der Waals surface area (Å²) >= 11 is 0. The minimum atomic E-state index is -0.301. The van der Waals surface area contributed by atoms with E-state index in [1.54, 1.807) is 6.07 Å². The van der Waals surface area contributed by atoms with Crippen LogP contribution < -0.4 is 10.1 Å². The summed E-state index contributed by atoms with van der Waals surface area (Å²) in [6.07, 6.45) is 0. The number of aromatic nitrogens is 1. The zero-order valence-electron chi connectivity index (χ0n) is 17.9. The fraction of sp³-hybridized carbons (Fsp3) is 0.192. The summed E-state index contributed by atoms with van der Waals surface area (Å²) in [5.74, 6) is 0.196. The van der Waals surface area contributed by atoms with E-state index in [4.69, 9.17) is 4.74 Å². The van der Waals surface area contributed by atoms with Crippen LogP contribution in [-0.2, 0) is 6.54 Å². The molecule has 4 nitrogen and oxygen atoms in total. The topological polar surface area (TPSA) is 43.3 Å². The lowest BCUT2D eigenvalue weighted by Gasteiger charge is -2.13. The minimum Gasteiger partial charge on any atom is -0.493 e. The summed E-state index contributed by atoms with van der Waals surface area (Å²) in [6, 6.07) is 19.9. The first-order valence-electron chi connectivity index (χ1n) is 10.3. The number of benzene rings is 3. The first kappa shape index (κ1) is 20.7. The number of amides is 1. The number of nitrogens with one attached hydrogen (secondary N) is 1. The molecule has 0 aliphatic rings. The highest BCUT2D eigenvalue weighted by Crippen LogP contribution is 2.30. The van der Waals surface area contributed by atoms with Crippen molar-refractivity contribution in [3.05, 3.63) is 94.9 Å². The Morgan fingerprint density at radius 3 is 2.55 bits per heavy atom. The molecular formula is C26H25FN2O2. The Bertz CT molecular complexity index is 1260. The minimum absolute atomic E-state index is 0.224. The molecule has 31 heavy (non-hydrogen) atoms. The summed E-state index contributed by atoms with van der Waals surface area (Å²) in [7, 11) is 0. The molecule has 1 heterocycles. The Hall–Kier alpha value is -3.60. The highest BCUT2D eigenvalue weighted by Gasteiger charge is 2.19. The molecule has 0 unspecified atom stereocenters. The molecular weight excluding hydrogens is 391 g/mol. The number of nitrogens with zero attached hydrogens (tertiary/aromatic N) is 1. The summed E-state index contributed by atoms with van der Waals surface area (Å²) < 4.78 is 21.5. The van der Waals surface area contributed by atoms with Crippen LogP contribution in [0.15, 0.2) is 66.7 Å². The first-order valence-corrected chi connectivity index (χ1v) is 10.3. The van der Waals surface area contributed by atoms with E-state index in [0.29, 0.717) is 18.8 Å². The van der Waals surface area contributed by atoms with Crippen molar-refractivity contribution in [1.82, 2.24) is 4.57 Å². The van der Waals surface area contributed by atoms with E-state index < -0.39 is 0 Å². The van der Waals surface area contributed by atoms with E-state index in [1.807, 2.05) is 73.9 Å². The van der Waals surface area contributed by atoms with Gasteiger partial charge in [0.1, 0.15) is 17.3 Å². The van der Waals surface area contributed by atoms with Crippen LogP contribution in [0.5, 0.6) is 5.75 Å². The van der Waals surface area contributed by atoms with Crippen molar-refractivity contribution in [3.63, 3.8) is 0 Å². The lowest BCUT2D eigenvalue weighted by atomic mass is 10.1. The van der Waals surface area contributed by atoms with Crippen LogP contribution in [0.2, 0.25) is 0 Å². The van der Waals surface area contributed by atoms with Crippen LogP contribution in [0, 0.1) is 19.7 Å². The fourth-order valence-electron chi connectivity index (χ4n) is 3.73. The lowest BCUT2D eigenvalue weighted by molar-refractivity contribution is 0.101. The molecule has 0 atom stereocenters. The monoisotopic (exact) mass is 416 g/mol. The molecule has 0 saturated heterocycles. The number of hydrogen-bond acceptors (Lipinski definition) is 2. The SMILES string of the molecule is CCOc1cccc2c1cc(C(=O)Nc1ccc(C)c(C)c1)n2Cc1cccc(F)c1. The van der Waals surface area contributed by atoms with Crippen molar-refractivity contribution in [2.45, 2.75) is 27.3 Å². The second kappa shape index (κ2) is 8.64. The molecule has 1 amide bonds. The van der Waals surface area contributed by atoms with Gasteiger partial charge in [-0.1, -0.05) is 24.3 Å². The van der Waals surface area contributed by atoms with Crippen LogP contribution in [0.3, 0.4) is 0 Å². The average Bonchev–Trinajstić information content (AvgIpc) is 3.11. The van der Waals surface area contributed by atoms with Gasteiger partial charge < -0.3 is 14.6 Å². The number of aryl methyl sites for hydroxylation is 2. The van der Waals surface area contributed by atoms with Crippen molar-refractivity contribution in [1.29, 1.82) is 0 Å². The zero-order valence-corrected chi connectivity index (χ0v) is 17.9. The van der Waals surface area contributed by atoms with E-state index in [2.05, 4.69) is 5.32 Å². The third-order valence-electron chi connectivity index (χ3n) is 5.43. The van der Waals surface area contributed by atoms with Gasteiger partial charge in [-0.15, -0.1) is 0 Å². The number of anilines is 1. The standard InChI is InChI=1S/C26H25FN2O2/c1-4-31-25-10-6-9-23-22(25)15-24(29(23)16-19-7-5-8-20(27)14-19)26(30)28-21-12-11-17(2)18(3)13-21/h5-15H,4,16H2,1-3H3,(H,28,30). The Labute approximate surface area is 181 Å². The van der Waals surface area contributed by atoms with E-state index in [-0.39, 0.29) is 11.7 Å². The summed E-state index contributed by atoms with van der Waals surface area (Å²) in [4.78, 5) is 13.3. The Kier molecular flexibility index (Phi) is 5.76. The van der Waals surface area contributed by atoms with Gasteiger partial charge in [0.05, 0.1) is 12.1 Å². The third-order valence-corrected chi connectivity index (χ3v) is 5.43. The van der Waals surface area contributed by atoms with E-state index in [9.17, 15) is 9.18 Å². The van der Waals surface area contributed by atoms with Gasteiger partial charge in [-0.3, -0.25) is 4.79 Å². The van der Waals surface area contributed by atoms with Gasteiger partial charge in [0, 0.05) is 17.6 Å².